The van der Waals surface area contributed by atoms with E-state index in [4.69, 9.17) is 32.7 Å². The summed E-state index contributed by atoms with van der Waals surface area (Å²) < 4.78 is 42.6. The predicted octanol–water partition coefficient (Wildman–Crippen LogP) is 5.85. The van der Waals surface area contributed by atoms with Crippen LogP contribution >= 0.6 is 23.2 Å². The Balaban J connectivity index is 1.75. The Bertz CT molecular complexity index is 1140. The first-order chi connectivity index (χ1) is 18.4. The van der Waals surface area contributed by atoms with Crippen LogP contribution in [0.25, 0.3) is 0 Å². The molecule has 40 heavy (non-hydrogen) atoms. The lowest BCUT2D eigenvalue weighted by molar-refractivity contribution is -0.156. The number of amides is 2. The molecule has 2 unspecified atom stereocenters. The van der Waals surface area contributed by atoms with Crippen molar-refractivity contribution in [2.45, 2.75) is 76.4 Å². The van der Waals surface area contributed by atoms with Gasteiger partial charge in [-0.25, -0.2) is 18.1 Å². The summed E-state index contributed by atoms with van der Waals surface area (Å²) in [5.41, 5.74) is -2.14. The number of rotatable bonds is 8. The summed E-state index contributed by atoms with van der Waals surface area (Å²) in [5.74, 6) is -0.192. The monoisotopic (exact) mass is 619 g/mol. The second-order valence-electron chi connectivity index (χ2n) is 12.3. The predicted molar refractivity (Wildman–Crippen MR) is 157 cm³/mol. The minimum absolute atomic E-state index is 0.0612. The molecule has 1 aromatic carbocycles. The lowest BCUT2D eigenvalue weighted by Gasteiger charge is -2.46. The van der Waals surface area contributed by atoms with Gasteiger partial charge in [-0.15, -0.1) is 0 Å². The van der Waals surface area contributed by atoms with Gasteiger partial charge in [0.15, 0.2) is 0 Å². The molecule has 0 aromatic heterocycles. The molecular formula is C28H40Cl2FN3O5S. The lowest BCUT2D eigenvalue weighted by atomic mass is 9.84. The van der Waals surface area contributed by atoms with Crippen LogP contribution < -0.4 is 9.46 Å². The first-order valence-electron chi connectivity index (χ1n) is 13.3. The average molecular weight is 621 g/mol. The van der Waals surface area contributed by atoms with Gasteiger partial charge in [0.25, 0.3) is 5.91 Å². The summed E-state index contributed by atoms with van der Waals surface area (Å²) in [6, 6.07) is 2.92. The van der Waals surface area contributed by atoms with Crippen LogP contribution in [0.4, 0.5) is 9.18 Å². The third kappa shape index (κ3) is 7.89. The van der Waals surface area contributed by atoms with Gasteiger partial charge in [0.2, 0.25) is 5.67 Å². The average Bonchev–Trinajstić information content (AvgIpc) is 2.83. The second kappa shape index (κ2) is 12.5. The molecule has 0 saturated carbocycles. The first-order valence-corrected chi connectivity index (χ1v) is 15.2. The smallest absolute Gasteiger partial charge is 0.410 e. The lowest BCUT2D eigenvalue weighted by Crippen LogP contribution is -2.68. The highest BCUT2D eigenvalue weighted by atomic mass is 35.5. The molecule has 0 aliphatic carbocycles. The van der Waals surface area contributed by atoms with Crippen molar-refractivity contribution in [3.8, 4) is 5.75 Å². The third-order valence-electron chi connectivity index (χ3n) is 6.75. The zero-order chi connectivity index (χ0) is 30.0. The maximum Gasteiger partial charge on any atom is 0.410 e. The summed E-state index contributed by atoms with van der Waals surface area (Å²) in [6.45, 7) is 14.7. The minimum atomic E-state index is -2.13. The zero-order valence-corrected chi connectivity index (χ0v) is 26.3. The Labute approximate surface area is 249 Å². The molecule has 2 fully saturated rings. The number of hydrogen-bond donors (Lipinski definition) is 1. The summed E-state index contributed by atoms with van der Waals surface area (Å²) in [5, 5.41) is 0.664. The van der Waals surface area contributed by atoms with Crippen molar-refractivity contribution in [1.29, 1.82) is 0 Å². The van der Waals surface area contributed by atoms with E-state index < -0.39 is 45.0 Å². The van der Waals surface area contributed by atoms with Crippen LogP contribution in [0.15, 0.2) is 24.8 Å². The number of carbonyl (C=O) groups is 2. The zero-order valence-electron chi connectivity index (χ0n) is 24.0. The molecule has 2 aliphatic heterocycles. The second-order valence-corrected chi connectivity index (χ2v) is 15.1. The number of piperidine rings is 1. The van der Waals surface area contributed by atoms with Crippen LogP contribution in [0.2, 0.25) is 10.0 Å². The summed E-state index contributed by atoms with van der Waals surface area (Å²) in [6.07, 6.45) is 2.03. The van der Waals surface area contributed by atoms with Crippen molar-refractivity contribution in [3.63, 3.8) is 0 Å². The van der Waals surface area contributed by atoms with Crippen LogP contribution in [-0.4, -0.2) is 74.8 Å². The van der Waals surface area contributed by atoms with Gasteiger partial charge in [-0.1, -0.05) is 35.9 Å². The molecule has 2 atom stereocenters. The van der Waals surface area contributed by atoms with Crippen LogP contribution in [0, 0.1) is 5.92 Å². The van der Waals surface area contributed by atoms with Gasteiger partial charge in [0.05, 0.1) is 44.9 Å². The first kappa shape index (κ1) is 32.6. The molecule has 0 radical (unpaired) electrons. The van der Waals surface area contributed by atoms with Crippen molar-refractivity contribution < 1.29 is 27.7 Å². The molecule has 8 nitrogen and oxygen atoms in total. The largest absolute Gasteiger partial charge is 0.489 e. The number of alkyl halides is 1. The fourth-order valence-corrected chi connectivity index (χ4v) is 5.86. The summed E-state index contributed by atoms with van der Waals surface area (Å²) >= 11 is 12.7. The SMILES string of the molecule is C=CCOc1cc(Cl)c(Cl)cc1C(NS(=O)C(C)(C)C)C1CCN(C(=O)C2(F)CN(C(=O)OC(C)(C)C)C2)CC1. The molecule has 3 rings (SSSR count). The molecule has 12 heteroatoms. The van der Waals surface area contributed by atoms with Crippen molar-refractivity contribution in [1.82, 2.24) is 14.5 Å². The van der Waals surface area contributed by atoms with E-state index in [2.05, 4.69) is 11.3 Å². The number of nitrogens with one attached hydrogen (secondary N) is 1. The van der Waals surface area contributed by atoms with Crippen molar-refractivity contribution in [3.05, 3.63) is 40.4 Å². The highest BCUT2D eigenvalue weighted by Gasteiger charge is 2.55. The van der Waals surface area contributed by atoms with Crippen molar-refractivity contribution in [2.75, 3.05) is 32.8 Å². The summed E-state index contributed by atoms with van der Waals surface area (Å²) in [4.78, 5) is 28.0. The third-order valence-corrected chi connectivity index (χ3v) is 9.05. The molecule has 2 aliphatic rings. The van der Waals surface area contributed by atoms with Crippen molar-refractivity contribution >= 4 is 46.2 Å². The number of ether oxygens (including phenoxy) is 2. The van der Waals surface area contributed by atoms with E-state index >= 15 is 4.39 Å². The highest BCUT2D eigenvalue weighted by Crippen LogP contribution is 2.41. The summed E-state index contributed by atoms with van der Waals surface area (Å²) in [7, 11) is -1.43. The molecule has 2 heterocycles. The van der Waals surface area contributed by atoms with E-state index in [-0.39, 0.29) is 25.6 Å². The van der Waals surface area contributed by atoms with Crippen LogP contribution in [0.3, 0.4) is 0 Å². The Kier molecular flexibility index (Phi) is 10.2. The van der Waals surface area contributed by atoms with E-state index in [0.29, 0.717) is 47.3 Å². The number of hydrogen-bond acceptors (Lipinski definition) is 5. The molecule has 2 saturated heterocycles. The molecule has 224 valence electrons. The Morgan fingerprint density at radius 2 is 1.73 bits per heavy atom. The quantitative estimate of drug-likeness (QED) is 0.369. The van der Waals surface area contributed by atoms with Crippen LogP contribution in [0.5, 0.6) is 5.75 Å². The van der Waals surface area contributed by atoms with Gasteiger partial charge in [-0.3, -0.25) is 4.79 Å². The molecule has 1 N–H and O–H groups in total. The Morgan fingerprint density at radius 3 is 2.25 bits per heavy atom. The van der Waals surface area contributed by atoms with Gasteiger partial charge in [-0.2, -0.15) is 0 Å². The number of likely N-dealkylation sites (tertiary alicyclic amines) is 2. The van der Waals surface area contributed by atoms with E-state index in [1.165, 1.54) is 9.80 Å². The van der Waals surface area contributed by atoms with E-state index in [1.54, 1.807) is 39.0 Å². The minimum Gasteiger partial charge on any atom is -0.489 e. The molecule has 2 amide bonds. The number of benzene rings is 1. The van der Waals surface area contributed by atoms with Gasteiger partial charge in [-0.05, 0) is 66.4 Å². The molecule has 0 bridgehead atoms. The Hall–Kier alpha value is -1.88. The topological polar surface area (TPSA) is 88.2 Å². The van der Waals surface area contributed by atoms with Gasteiger partial charge in [0, 0.05) is 24.7 Å². The van der Waals surface area contributed by atoms with Gasteiger partial charge >= 0.3 is 6.09 Å². The number of carbonyl (C=O) groups excluding carboxylic acids is 2. The van der Waals surface area contributed by atoms with E-state index in [0.717, 1.165) is 0 Å². The highest BCUT2D eigenvalue weighted by molar-refractivity contribution is 7.84. The van der Waals surface area contributed by atoms with E-state index in [9.17, 15) is 13.8 Å². The molecule has 0 spiro atoms. The van der Waals surface area contributed by atoms with Gasteiger partial charge in [0.1, 0.15) is 18.0 Å². The molecular weight excluding hydrogens is 580 g/mol. The Morgan fingerprint density at radius 1 is 1.15 bits per heavy atom. The number of halogens is 3. The van der Waals surface area contributed by atoms with Crippen molar-refractivity contribution in [2.24, 2.45) is 5.92 Å². The normalized spacial score (nSPS) is 19.4. The fourth-order valence-electron chi connectivity index (χ4n) is 4.64. The van der Waals surface area contributed by atoms with Crippen LogP contribution in [0.1, 0.15) is 66.0 Å². The maximum atomic E-state index is 15.5. The van der Waals surface area contributed by atoms with E-state index in [1.807, 2.05) is 20.8 Å². The fraction of sp³-hybridized carbons (Fsp3) is 0.643. The van der Waals surface area contributed by atoms with Crippen LogP contribution in [-0.2, 0) is 20.5 Å². The number of nitrogens with zero attached hydrogens (tertiary/aromatic N) is 2. The standard InChI is InChI=1S/C28H40Cl2FN3O5S/c1-8-13-38-22-15-21(30)20(29)14-19(22)23(32-40(37)27(5,6)7)18-9-11-33(12-10-18)24(35)28(31)16-34(17-28)25(36)39-26(2,3)4/h8,14-15,18,23,32H,1,9-13,16-17H2,2-7H3. The van der Waals surface area contributed by atoms with Gasteiger partial charge < -0.3 is 19.3 Å². The molecule has 1 aromatic rings. The maximum absolute atomic E-state index is 15.5.